The number of hydrogen-bond donors (Lipinski definition) is 2. The molecule has 0 fully saturated rings. The van der Waals surface area contributed by atoms with Gasteiger partial charge in [0.2, 0.25) is 0 Å². The number of carboxylic acids is 1. The summed E-state index contributed by atoms with van der Waals surface area (Å²) < 4.78 is 0. The van der Waals surface area contributed by atoms with Gasteiger partial charge in [-0.15, -0.1) is 0 Å². The van der Waals surface area contributed by atoms with Crippen LogP contribution in [-0.2, 0) is 0 Å². The molecule has 2 rings (SSSR count). The summed E-state index contributed by atoms with van der Waals surface area (Å²) in [6.07, 6.45) is 1.40. The lowest BCUT2D eigenvalue weighted by Gasteiger charge is -2.15. The van der Waals surface area contributed by atoms with Gasteiger partial charge >= 0.3 is 5.97 Å². The third kappa shape index (κ3) is 3.45. The maximum Gasteiger partial charge on any atom is 0.338 e. The number of carbonyl (C=O) groups excluding carboxylic acids is 1. The topological polar surface area (TPSA) is 79.3 Å². The third-order valence-electron chi connectivity index (χ3n) is 3.18. The molecule has 1 atom stereocenters. The van der Waals surface area contributed by atoms with Gasteiger partial charge in [-0.05, 0) is 31.5 Å². The van der Waals surface area contributed by atoms with Crippen LogP contribution in [0, 0.1) is 6.92 Å². The fourth-order valence-electron chi connectivity index (χ4n) is 1.96. The molecule has 1 amide bonds. The van der Waals surface area contributed by atoms with Gasteiger partial charge in [-0.25, -0.2) is 4.79 Å². The molecule has 0 saturated carbocycles. The van der Waals surface area contributed by atoms with Crippen LogP contribution in [0.25, 0.3) is 0 Å². The van der Waals surface area contributed by atoms with Gasteiger partial charge in [0.05, 0.1) is 11.6 Å². The van der Waals surface area contributed by atoms with E-state index in [9.17, 15) is 9.59 Å². The largest absolute Gasteiger partial charge is 0.478 e. The molecule has 0 aliphatic carbocycles. The average molecular weight is 284 g/mol. The maximum absolute atomic E-state index is 12.2. The Morgan fingerprint density at radius 1 is 1.19 bits per heavy atom. The molecule has 1 heterocycles. The van der Waals surface area contributed by atoms with E-state index in [4.69, 9.17) is 5.11 Å². The van der Waals surface area contributed by atoms with E-state index < -0.39 is 11.9 Å². The van der Waals surface area contributed by atoms with E-state index in [0.29, 0.717) is 0 Å². The lowest BCUT2D eigenvalue weighted by atomic mass is 10.1. The van der Waals surface area contributed by atoms with Gasteiger partial charge in [-0.3, -0.25) is 9.78 Å². The second-order valence-electron chi connectivity index (χ2n) is 4.81. The molecule has 0 bridgehead atoms. The number of aryl methyl sites for hydroxylation is 1. The number of carbonyl (C=O) groups is 2. The zero-order valence-corrected chi connectivity index (χ0v) is 11.8. The van der Waals surface area contributed by atoms with Crippen LogP contribution in [0.4, 0.5) is 0 Å². The molecular weight excluding hydrogens is 268 g/mol. The normalized spacial score (nSPS) is 11.7. The van der Waals surface area contributed by atoms with E-state index in [0.717, 1.165) is 11.1 Å². The Bertz CT molecular complexity index is 665. The van der Waals surface area contributed by atoms with E-state index in [2.05, 4.69) is 10.3 Å². The number of nitrogens with one attached hydrogen (secondary N) is 1. The molecule has 0 radical (unpaired) electrons. The van der Waals surface area contributed by atoms with Crippen LogP contribution >= 0.6 is 0 Å². The molecule has 5 heteroatoms. The number of hydrogen-bond acceptors (Lipinski definition) is 3. The van der Waals surface area contributed by atoms with E-state index in [1.165, 1.54) is 18.3 Å². The van der Waals surface area contributed by atoms with Crippen LogP contribution in [0.15, 0.2) is 42.6 Å². The standard InChI is InChI=1S/C16H16N2O3/c1-10-5-7-12(8-6-10)11(2)18-15(19)14-13(16(20)21)4-3-9-17-14/h3-9,11H,1-2H3,(H,18,19)(H,20,21)/t11-/m0/s1. The summed E-state index contributed by atoms with van der Waals surface area (Å²) in [5.41, 5.74) is 1.90. The molecule has 0 saturated heterocycles. The number of nitrogens with zero attached hydrogens (tertiary/aromatic N) is 1. The van der Waals surface area contributed by atoms with Gasteiger partial charge < -0.3 is 10.4 Å². The van der Waals surface area contributed by atoms with Crippen molar-refractivity contribution in [3.05, 3.63) is 65.0 Å². The second kappa shape index (κ2) is 6.17. The Kier molecular flexibility index (Phi) is 4.33. The van der Waals surface area contributed by atoms with Gasteiger partial charge in [0.1, 0.15) is 5.69 Å². The monoisotopic (exact) mass is 284 g/mol. The lowest BCUT2D eigenvalue weighted by molar-refractivity contribution is 0.0689. The predicted octanol–water partition coefficient (Wildman–Crippen LogP) is 2.58. The molecule has 21 heavy (non-hydrogen) atoms. The Morgan fingerprint density at radius 2 is 1.86 bits per heavy atom. The smallest absolute Gasteiger partial charge is 0.338 e. The maximum atomic E-state index is 12.2. The SMILES string of the molecule is Cc1ccc([C@H](C)NC(=O)c2ncccc2C(=O)O)cc1. The summed E-state index contributed by atoms with van der Waals surface area (Å²) in [6, 6.07) is 10.4. The van der Waals surface area contributed by atoms with E-state index in [1.54, 1.807) is 0 Å². The van der Waals surface area contributed by atoms with Crippen molar-refractivity contribution in [1.29, 1.82) is 0 Å². The molecule has 2 aromatic rings. The molecule has 0 aliphatic heterocycles. The van der Waals surface area contributed by atoms with Crippen LogP contribution < -0.4 is 5.32 Å². The zero-order chi connectivity index (χ0) is 15.4. The van der Waals surface area contributed by atoms with Crippen molar-refractivity contribution in [3.63, 3.8) is 0 Å². The highest BCUT2D eigenvalue weighted by atomic mass is 16.4. The summed E-state index contributed by atoms with van der Waals surface area (Å²) in [5, 5.41) is 11.8. The molecular formula is C16H16N2O3. The van der Waals surface area contributed by atoms with E-state index >= 15 is 0 Å². The highest BCUT2D eigenvalue weighted by molar-refractivity contribution is 6.03. The number of benzene rings is 1. The summed E-state index contributed by atoms with van der Waals surface area (Å²) in [6.45, 7) is 3.83. The van der Waals surface area contributed by atoms with Crippen LogP contribution in [-0.4, -0.2) is 22.0 Å². The minimum absolute atomic E-state index is 0.0797. The van der Waals surface area contributed by atoms with Crippen molar-refractivity contribution in [2.75, 3.05) is 0 Å². The number of carboxylic acid groups (broad SMARTS) is 1. The average Bonchev–Trinajstić information content (AvgIpc) is 2.47. The minimum atomic E-state index is -1.17. The van der Waals surface area contributed by atoms with Crippen molar-refractivity contribution < 1.29 is 14.7 Å². The number of aromatic nitrogens is 1. The van der Waals surface area contributed by atoms with Crippen LogP contribution in [0.1, 0.15) is 44.9 Å². The second-order valence-corrected chi connectivity index (χ2v) is 4.81. The summed E-state index contributed by atoms with van der Waals surface area (Å²) in [7, 11) is 0. The zero-order valence-electron chi connectivity index (χ0n) is 11.8. The number of aromatic carboxylic acids is 1. The molecule has 0 unspecified atom stereocenters. The third-order valence-corrected chi connectivity index (χ3v) is 3.18. The van der Waals surface area contributed by atoms with Crippen molar-refractivity contribution >= 4 is 11.9 Å². The summed E-state index contributed by atoms with van der Waals surface area (Å²) >= 11 is 0. The van der Waals surface area contributed by atoms with Crippen molar-refractivity contribution in [1.82, 2.24) is 10.3 Å². The lowest BCUT2D eigenvalue weighted by Crippen LogP contribution is -2.29. The minimum Gasteiger partial charge on any atom is -0.478 e. The van der Waals surface area contributed by atoms with Gasteiger partial charge in [-0.1, -0.05) is 29.8 Å². The first-order chi connectivity index (χ1) is 9.99. The summed E-state index contributed by atoms with van der Waals surface area (Å²) in [5.74, 6) is -1.67. The number of rotatable bonds is 4. The highest BCUT2D eigenvalue weighted by Crippen LogP contribution is 2.14. The Balaban J connectivity index is 2.18. The Hall–Kier alpha value is -2.69. The van der Waals surface area contributed by atoms with Crippen molar-refractivity contribution in [2.45, 2.75) is 19.9 Å². The number of pyridine rings is 1. The van der Waals surface area contributed by atoms with Crippen LogP contribution in [0.3, 0.4) is 0 Å². The van der Waals surface area contributed by atoms with Gasteiger partial charge in [0.15, 0.2) is 0 Å². The highest BCUT2D eigenvalue weighted by Gasteiger charge is 2.19. The van der Waals surface area contributed by atoms with E-state index in [-0.39, 0.29) is 17.3 Å². The molecule has 5 nitrogen and oxygen atoms in total. The van der Waals surface area contributed by atoms with Crippen LogP contribution in [0.5, 0.6) is 0 Å². The van der Waals surface area contributed by atoms with Gasteiger partial charge in [-0.2, -0.15) is 0 Å². The quantitative estimate of drug-likeness (QED) is 0.904. The fourth-order valence-corrected chi connectivity index (χ4v) is 1.96. The van der Waals surface area contributed by atoms with Crippen molar-refractivity contribution in [3.8, 4) is 0 Å². The molecule has 1 aromatic carbocycles. The number of amides is 1. The Labute approximate surface area is 122 Å². The molecule has 0 spiro atoms. The molecule has 108 valence electrons. The first-order valence-corrected chi connectivity index (χ1v) is 6.55. The molecule has 1 aromatic heterocycles. The predicted molar refractivity (Wildman–Crippen MR) is 78.3 cm³/mol. The van der Waals surface area contributed by atoms with Crippen LogP contribution in [0.2, 0.25) is 0 Å². The first-order valence-electron chi connectivity index (χ1n) is 6.55. The summed E-state index contributed by atoms with van der Waals surface area (Å²) in [4.78, 5) is 27.2. The van der Waals surface area contributed by atoms with Gasteiger partial charge in [0.25, 0.3) is 5.91 Å². The Morgan fingerprint density at radius 3 is 2.48 bits per heavy atom. The molecule has 0 aliphatic rings. The van der Waals surface area contributed by atoms with Crippen molar-refractivity contribution in [2.24, 2.45) is 0 Å². The fraction of sp³-hybridized carbons (Fsp3) is 0.188. The first kappa shape index (κ1) is 14.7. The van der Waals surface area contributed by atoms with Gasteiger partial charge in [0, 0.05) is 6.20 Å². The molecule has 2 N–H and O–H groups in total. The van der Waals surface area contributed by atoms with E-state index in [1.807, 2.05) is 38.1 Å².